The van der Waals surface area contributed by atoms with Gasteiger partial charge in [0.2, 0.25) is 0 Å². The minimum absolute atomic E-state index is 0.103. The van der Waals surface area contributed by atoms with Gasteiger partial charge in [0.25, 0.3) is 5.91 Å². The molecule has 2 heterocycles. The molecule has 1 saturated heterocycles. The average Bonchev–Trinajstić information content (AvgIpc) is 3.11. The lowest BCUT2D eigenvalue weighted by atomic mass is 10.2. The van der Waals surface area contributed by atoms with Crippen molar-refractivity contribution in [1.82, 2.24) is 15.2 Å². The highest BCUT2D eigenvalue weighted by molar-refractivity contribution is 7.13. The third-order valence-electron chi connectivity index (χ3n) is 4.17. The van der Waals surface area contributed by atoms with Gasteiger partial charge in [-0.05, 0) is 25.5 Å². The molecule has 25 heavy (non-hydrogen) atoms. The molecule has 0 aliphatic carbocycles. The summed E-state index contributed by atoms with van der Waals surface area (Å²) < 4.78 is 5.35. The topological polar surface area (TPSA) is 54.5 Å². The van der Waals surface area contributed by atoms with Crippen molar-refractivity contribution in [3.05, 3.63) is 40.4 Å². The molecule has 1 unspecified atom stereocenters. The van der Waals surface area contributed by atoms with E-state index >= 15 is 0 Å². The maximum atomic E-state index is 12.4. The molecule has 1 aromatic carbocycles. The van der Waals surface area contributed by atoms with Gasteiger partial charge in [0.1, 0.15) is 10.7 Å². The maximum Gasteiger partial charge on any atom is 0.270 e. The van der Waals surface area contributed by atoms with Gasteiger partial charge in [0.05, 0.1) is 13.2 Å². The minimum atomic E-state index is -0.126. The number of carbonyl (C=O) groups excluding carboxylic acids is 1. The summed E-state index contributed by atoms with van der Waals surface area (Å²) in [7, 11) is 0. The van der Waals surface area contributed by atoms with E-state index in [2.05, 4.69) is 15.2 Å². The Morgan fingerprint density at radius 2 is 2.24 bits per heavy atom. The number of benzene rings is 1. The second-order valence-electron chi connectivity index (χ2n) is 6.17. The Morgan fingerprint density at radius 1 is 1.44 bits per heavy atom. The molecule has 1 N–H and O–H groups in total. The summed E-state index contributed by atoms with van der Waals surface area (Å²) in [6, 6.07) is 7.60. The summed E-state index contributed by atoms with van der Waals surface area (Å²) >= 11 is 7.47. The standard InChI is InChI=1S/C18H22ClN3O2S/c1-13(5-6-22-7-9-24-10-8-22)20-17(23)16-12-25-18(21-16)14-3-2-4-15(19)11-14/h2-4,11-13H,5-10H2,1H3,(H,20,23). The highest BCUT2D eigenvalue weighted by Gasteiger charge is 2.16. The van der Waals surface area contributed by atoms with Gasteiger partial charge in [0, 0.05) is 41.6 Å². The van der Waals surface area contributed by atoms with E-state index < -0.39 is 0 Å². The largest absolute Gasteiger partial charge is 0.379 e. The van der Waals surface area contributed by atoms with Crippen molar-refractivity contribution in [2.75, 3.05) is 32.8 Å². The minimum Gasteiger partial charge on any atom is -0.379 e. The molecule has 1 amide bonds. The van der Waals surface area contributed by atoms with Crippen LogP contribution in [0.5, 0.6) is 0 Å². The molecular formula is C18H22ClN3O2S. The van der Waals surface area contributed by atoms with Crippen molar-refractivity contribution in [2.45, 2.75) is 19.4 Å². The van der Waals surface area contributed by atoms with Crippen LogP contribution in [-0.4, -0.2) is 54.7 Å². The Labute approximate surface area is 157 Å². The molecule has 0 spiro atoms. The lowest BCUT2D eigenvalue weighted by Crippen LogP contribution is -2.40. The number of hydrogen-bond acceptors (Lipinski definition) is 5. The molecule has 1 aliphatic rings. The van der Waals surface area contributed by atoms with Crippen LogP contribution in [0.1, 0.15) is 23.8 Å². The van der Waals surface area contributed by atoms with Crippen LogP contribution in [0.2, 0.25) is 5.02 Å². The van der Waals surface area contributed by atoms with Gasteiger partial charge in [-0.2, -0.15) is 0 Å². The number of morpholine rings is 1. The maximum absolute atomic E-state index is 12.4. The van der Waals surface area contributed by atoms with E-state index in [0.29, 0.717) is 10.7 Å². The summed E-state index contributed by atoms with van der Waals surface area (Å²) in [6.07, 6.45) is 0.914. The first-order valence-corrected chi connectivity index (χ1v) is 9.70. The van der Waals surface area contributed by atoms with Crippen molar-refractivity contribution in [3.63, 3.8) is 0 Å². The summed E-state index contributed by atoms with van der Waals surface area (Å²) in [4.78, 5) is 19.2. The quantitative estimate of drug-likeness (QED) is 0.836. The lowest BCUT2D eigenvalue weighted by molar-refractivity contribution is 0.0363. The molecule has 1 fully saturated rings. The zero-order chi connectivity index (χ0) is 17.6. The molecular weight excluding hydrogens is 358 g/mol. The fraction of sp³-hybridized carbons (Fsp3) is 0.444. The highest BCUT2D eigenvalue weighted by atomic mass is 35.5. The zero-order valence-corrected chi connectivity index (χ0v) is 15.8. The molecule has 134 valence electrons. The number of nitrogens with one attached hydrogen (secondary N) is 1. The van der Waals surface area contributed by atoms with Crippen molar-refractivity contribution in [2.24, 2.45) is 0 Å². The van der Waals surface area contributed by atoms with Crippen LogP contribution in [0.4, 0.5) is 0 Å². The van der Waals surface area contributed by atoms with Crippen LogP contribution in [0.25, 0.3) is 10.6 Å². The first kappa shape index (κ1) is 18.3. The first-order valence-electron chi connectivity index (χ1n) is 8.44. The number of halogens is 1. The van der Waals surface area contributed by atoms with Crippen molar-refractivity contribution < 1.29 is 9.53 Å². The van der Waals surface area contributed by atoms with Gasteiger partial charge >= 0.3 is 0 Å². The summed E-state index contributed by atoms with van der Waals surface area (Å²) in [5.74, 6) is -0.126. The third kappa shape index (κ3) is 5.25. The number of aromatic nitrogens is 1. The smallest absolute Gasteiger partial charge is 0.270 e. The summed E-state index contributed by atoms with van der Waals surface area (Å²) in [5, 5.41) is 6.29. The van der Waals surface area contributed by atoms with Crippen LogP contribution < -0.4 is 5.32 Å². The molecule has 0 saturated carbocycles. The number of amides is 1. The van der Waals surface area contributed by atoms with Gasteiger partial charge in [-0.15, -0.1) is 11.3 Å². The van der Waals surface area contributed by atoms with E-state index in [-0.39, 0.29) is 11.9 Å². The Morgan fingerprint density at radius 3 is 3.00 bits per heavy atom. The monoisotopic (exact) mass is 379 g/mol. The molecule has 5 nitrogen and oxygen atoms in total. The molecule has 1 aliphatic heterocycles. The number of ether oxygens (including phenoxy) is 1. The third-order valence-corrected chi connectivity index (χ3v) is 5.29. The zero-order valence-electron chi connectivity index (χ0n) is 14.2. The molecule has 7 heteroatoms. The number of thiazole rings is 1. The Bertz CT molecular complexity index is 716. The fourth-order valence-corrected chi connectivity index (χ4v) is 3.69. The van der Waals surface area contributed by atoms with Crippen molar-refractivity contribution in [1.29, 1.82) is 0 Å². The van der Waals surface area contributed by atoms with Crippen LogP contribution in [0, 0.1) is 0 Å². The van der Waals surface area contributed by atoms with Crippen LogP contribution in [0.15, 0.2) is 29.6 Å². The van der Waals surface area contributed by atoms with Crippen molar-refractivity contribution >= 4 is 28.8 Å². The van der Waals surface area contributed by atoms with Crippen molar-refractivity contribution in [3.8, 4) is 10.6 Å². The van der Waals surface area contributed by atoms with Gasteiger partial charge in [-0.3, -0.25) is 9.69 Å². The van der Waals surface area contributed by atoms with Crippen LogP contribution >= 0.6 is 22.9 Å². The van der Waals surface area contributed by atoms with Gasteiger partial charge in [-0.1, -0.05) is 23.7 Å². The molecule has 1 aromatic heterocycles. The molecule has 0 radical (unpaired) electrons. The fourth-order valence-electron chi connectivity index (χ4n) is 2.70. The Hall–Kier alpha value is -1.47. The predicted molar refractivity (Wildman–Crippen MR) is 101 cm³/mol. The molecule has 0 bridgehead atoms. The number of rotatable bonds is 6. The first-order chi connectivity index (χ1) is 12.1. The van der Waals surface area contributed by atoms with Gasteiger partial charge < -0.3 is 10.1 Å². The number of hydrogen-bond donors (Lipinski definition) is 1. The SMILES string of the molecule is CC(CCN1CCOCC1)NC(=O)c1csc(-c2cccc(Cl)c2)n1. The molecule has 2 aromatic rings. The van der Waals surface area contributed by atoms with E-state index in [1.165, 1.54) is 11.3 Å². The van der Waals surface area contributed by atoms with Crippen LogP contribution in [0.3, 0.4) is 0 Å². The summed E-state index contributed by atoms with van der Waals surface area (Å²) in [6.45, 7) is 6.53. The van der Waals surface area contributed by atoms with Gasteiger partial charge in [-0.25, -0.2) is 4.98 Å². The Kier molecular flexibility index (Phi) is 6.42. The van der Waals surface area contributed by atoms with E-state index in [9.17, 15) is 4.79 Å². The van der Waals surface area contributed by atoms with Crippen LogP contribution in [-0.2, 0) is 4.74 Å². The summed E-state index contributed by atoms with van der Waals surface area (Å²) in [5.41, 5.74) is 1.38. The van der Waals surface area contributed by atoms with E-state index in [4.69, 9.17) is 16.3 Å². The highest BCUT2D eigenvalue weighted by Crippen LogP contribution is 2.26. The van der Waals surface area contributed by atoms with E-state index in [1.807, 2.05) is 31.2 Å². The Balaban J connectivity index is 1.52. The van der Waals surface area contributed by atoms with Gasteiger partial charge in [0.15, 0.2) is 0 Å². The average molecular weight is 380 g/mol. The molecule has 1 atom stereocenters. The second kappa shape index (κ2) is 8.76. The number of nitrogens with zero attached hydrogens (tertiary/aromatic N) is 2. The van der Waals surface area contributed by atoms with E-state index in [0.717, 1.165) is 49.8 Å². The lowest BCUT2D eigenvalue weighted by Gasteiger charge is -2.27. The van der Waals surface area contributed by atoms with E-state index in [1.54, 1.807) is 5.38 Å². The second-order valence-corrected chi connectivity index (χ2v) is 7.46. The predicted octanol–water partition coefficient (Wildman–Crippen LogP) is 3.30. The number of carbonyl (C=O) groups is 1. The molecule has 3 rings (SSSR count). The normalized spacial score (nSPS) is 16.6.